The fourth-order valence-electron chi connectivity index (χ4n) is 3.58. The second-order valence-corrected chi connectivity index (χ2v) is 6.01. The summed E-state index contributed by atoms with van der Waals surface area (Å²) in [6.07, 6.45) is -1.57. The lowest BCUT2D eigenvalue weighted by Crippen LogP contribution is -2.40. The van der Waals surface area contributed by atoms with Crippen molar-refractivity contribution in [2.45, 2.75) is 38.4 Å². The lowest BCUT2D eigenvalue weighted by atomic mass is 9.72. The molecule has 21 heavy (non-hydrogen) atoms. The van der Waals surface area contributed by atoms with E-state index in [2.05, 4.69) is 20.6 Å². The van der Waals surface area contributed by atoms with E-state index in [9.17, 15) is 13.2 Å². The highest BCUT2D eigenvalue weighted by Crippen LogP contribution is 2.47. The first-order valence-electron chi connectivity index (χ1n) is 7.28. The van der Waals surface area contributed by atoms with Gasteiger partial charge in [-0.3, -0.25) is 0 Å². The summed E-state index contributed by atoms with van der Waals surface area (Å²) in [5.41, 5.74) is 0.869. The van der Waals surface area contributed by atoms with Crippen molar-refractivity contribution in [3.63, 3.8) is 0 Å². The Morgan fingerprint density at radius 1 is 1.14 bits per heavy atom. The third-order valence-corrected chi connectivity index (χ3v) is 4.61. The summed E-state index contributed by atoms with van der Waals surface area (Å²) in [4.78, 5) is 7.35. The number of hydrogen-bond donors (Lipinski definition) is 2. The first-order chi connectivity index (χ1) is 9.91. The molecule has 0 aliphatic carbocycles. The van der Waals surface area contributed by atoms with Gasteiger partial charge in [-0.15, -0.1) is 0 Å². The molecule has 2 fully saturated rings. The number of nitrogens with zero attached hydrogens (tertiary/aromatic N) is 2. The van der Waals surface area contributed by atoms with Crippen LogP contribution in [0.2, 0.25) is 0 Å². The molecule has 7 heteroatoms. The number of nitrogens with one attached hydrogen (secondary N) is 2. The predicted molar refractivity (Wildman–Crippen MR) is 71.7 cm³/mol. The average molecular weight is 300 g/mol. The zero-order chi connectivity index (χ0) is 15.1. The minimum absolute atomic E-state index is 0.0227. The van der Waals surface area contributed by atoms with Gasteiger partial charge in [0.05, 0.1) is 11.7 Å². The first-order valence-corrected chi connectivity index (χ1v) is 7.28. The van der Waals surface area contributed by atoms with Crippen LogP contribution in [0.25, 0.3) is 0 Å². The molecule has 4 nitrogen and oxygen atoms in total. The summed E-state index contributed by atoms with van der Waals surface area (Å²) >= 11 is 0. The van der Waals surface area contributed by atoms with Crippen LogP contribution in [-0.4, -0.2) is 29.6 Å². The normalized spacial score (nSPS) is 25.4. The Morgan fingerprint density at radius 2 is 1.81 bits per heavy atom. The van der Waals surface area contributed by atoms with Crippen molar-refractivity contribution < 1.29 is 13.2 Å². The largest absolute Gasteiger partial charge is 0.451 e. The van der Waals surface area contributed by atoms with Crippen LogP contribution < -0.4 is 10.6 Å². The van der Waals surface area contributed by atoms with E-state index in [0.29, 0.717) is 11.4 Å². The molecule has 0 saturated carbocycles. The summed E-state index contributed by atoms with van der Waals surface area (Å²) in [7, 11) is 0. The molecule has 3 rings (SSSR count). The van der Waals surface area contributed by atoms with Gasteiger partial charge in [-0.1, -0.05) is 0 Å². The molecule has 1 aromatic heterocycles. The quantitative estimate of drug-likeness (QED) is 0.835. The number of alkyl halides is 3. The minimum Gasteiger partial charge on any atom is -0.317 e. The second kappa shape index (κ2) is 5.21. The van der Waals surface area contributed by atoms with Gasteiger partial charge in [-0.2, -0.15) is 13.2 Å². The van der Waals surface area contributed by atoms with Crippen molar-refractivity contribution in [2.24, 2.45) is 5.41 Å². The first kappa shape index (κ1) is 14.7. The molecule has 2 aliphatic rings. The van der Waals surface area contributed by atoms with Crippen LogP contribution >= 0.6 is 0 Å². The van der Waals surface area contributed by atoms with Crippen LogP contribution in [0.5, 0.6) is 0 Å². The fraction of sp³-hybridized carbons (Fsp3) is 0.714. The van der Waals surface area contributed by atoms with Crippen molar-refractivity contribution in [3.8, 4) is 0 Å². The van der Waals surface area contributed by atoms with Gasteiger partial charge in [0.2, 0.25) is 5.82 Å². The molecule has 0 aromatic carbocycles. The lowest BCUT2D eigenvalue weighted by Gasteiger charge is -2.38. The number of rotatable bonds is 1. The molecule has 2 N–H and O–H groups in total. The average Bonchev–Trinajstić information content (AvgIpc) is 2.81. The van der Waals surface area contributed by atoms with Gasteiger partial charge in [0.15, 0.2) is 0 Å². The zero-order valence-electron chi connectivity index (χ0n) is 11.9. The molecule has 2 aliphatic heterocycles. The van der Waals surface area contributed by atoms with E-state index in [-0.39, 0.29) is 11.5 Å². The van der Waals surface area contributed by atoms with Crippen molar-refractivity contribution >= 4 is 0 Å². The maximum Gasteiger partial charge on any atom is 0.451 e. The van der Waals surface area contributed by atoms with Crippen LogP contribution in [0, 0.1) is 12.3 Å². The number of hydrogen-bond acceptors (Lipinski definition) is 4. The van der Waals surface area contributed by atoms with Gasteiger partial charge in [-0.05, 0) is 57.3 Å². The molecule has 0 amide bonds. The second-order valence-electron chi connectivity index (χ2n) is 6.01. The topological polar surface area (TPSA) is 49.8 Å². The van der Waals surface area contributed by atoms with Crippen LogP contribution in [0.1, 0.15) is 42.5 Å². The molecule has 0 bridgehead atoms. The summed E-state index contributed by atoms with van der Waals surface area (Å²) in [5, 5.41) is 6.67. The third-order valence-electron chi connectivity index (χ3n) is 4.61. The van der Waals surface area contributed by atoms with Gasteiger partial charge in [-0.25, -0.2) is 9.97 Å². The Labute approximate surface area is 121 Å². The Kier molecular flexibility index (Phi) is 3.65. The molecular weight excluding hydrogens is 281 g/mol. The van der Waals surface area contributed by atoms with Gasteiger partial charge < -0.3 is 10.6 Å². The molecule has 1 aromatic rings. The number of aryl methyl sites for hydroxylation is 1. The van der Waals surface area contributed by atoms with E-state index in [1.54, 1.807) is 13.0 Å². The van der Waals surface area contributed by atoms with Gasteiger partial charge in [0, 0.05) is 5.69 Å². The van der Waals surface area contributed by atoms with Crippen LogP contribution in [0.15, 0.2) is 6.07 Å². The van der Waals surface area contributed by atoms with Gasteiger partial charge in [0.25, 0.3) is 0 Å². The van der Waals surface area contributed by atoms with Gasteiger partial charge in [0.1, 0.15) is 0 Å². The summed E-state index contributed by atoms with van der Waals surface area (Å²) in [6, 6.07) is 1.57. The molecule has 0 radical (unpaired) electrons. The highest BCUT2D eigenvalue weighted by molar-refractivity contribution is 5.20. The molecule has 1 atom stereocenters. The molecule has 1 unspecified atom stereocenters. The van der Waals surface area contributed by atoms with E-state index in [4.69, 9.17) is 0 Å². The van der Waals surface area contributed by atoms with E-state index in [1.807, 2.05) is 0 Å². The van der Waals surface area contributed by atoms with Crippen LogP contribution in [0.3, 0.4) is 0 Å². The molecule has 1 spiro atoms. The van der Waals surface area contributed by atoms with E-state index >= 15 is 0 Å². The Hall–Kier alpha value is -1.21. The number of piperidine rings is 1. The zero-order valence-corrected chi connectivity index (χ0v) is 11.9. The van der Waals surface area contributed by atoms with Crippen LogP contribution in [0.4, 0.5) is 13.2 Å². The molecule has 2 saturated heterocycles. The highest BCUT2D eigenvalue weighted by atomic mass is 19.4. The Bertz CT molecular complexity index is 523. The Balaban J connectivity index is 1.97. The van der Waals surface area contributed by atoms with E-state index in [0.717, 1.165) is 38.9 Å². The summed E-state index contributed by atoms with van der Waals surface area (Å²) < 4.78 is 38.7. The number of halogens is 3. The summed E-state index contributed by atoms with van der Waals surface area (Å²) in [6.45, 7) is 4.24. The lowest BCUT2D eigenvalue weighted by molar-refractivity contribution is -0.145. The third kappa shape index (κ3) is 2.76. The van der Waals surface area contributed by atoms with Crippen LogP contribution in [-0.2, 0) is 6.18 Å². The molecular formula is C14H19F3N4. The predicted octanol–water partition coefficient (Wildman–Crippen LogP) is 2.21. The standard InChI is InChI=1S/C14H19F3N4/c1-9-8-10(21-12(20-9)14(15,16)17)11-13(4-7-19-11)2-5-18-6-3-13/h8,11,18-19H,2-7H2,1H3. The highest BCUT2D eigenvalue weighted by Gasteiger charge is 2.45. The summed E-state index contributed by atoms with van der Waals surface area (Å²) in [5.74, 6) is -1.03. The Morgan fingerprint density at radius 3 is 2.48 bits per heavy atom. The SMILES string of the molecule is Cc1cc(C2NCCC23CCNCC3)nc(C(F)(F)F)n1. The maximum atomic E-state index is 12.9. The van der Waals surface area contributed by atoms with Crippen molar-refractivity contribution in [1.29, 1.82) is 0 Å². The van der Waals surface area contributed by atoms with E-state index in [1.165, 1.54) is 0 Å². The van der Waals surface area contributed by atoms with Crippen molar-refractivity contribution in [2.75, 3.05) is 19.6 Å². The number of aromatic nitrogens is 2. The smallest absolute Gasteiger partial charge is 0.317 e. The van der Waals surface area contributed by atoms with Crippen molar-refractivity contribution in [1.82, 2.24) is 20.6 Å². The minimum atomic E-state index is -4.50. The van der Waals surface area contributed by atoms with Gasteiger partial charge >= 0.3 is 6.18 Å². The monoisotopic (exact) mass is 300 g/mol. The van der Waals surface area contributed by atoms with E-state index < -0.39 is 12.0 Å². The molecule has 3 heterocycles. The van der Waals surface area contributed by atoms with Crippen molar-refractivity contribution in [3.05, 3.63) is 23.3 Å². The fourth-order valence-corrected chi connectivity index (χ4v) is 3.58. The maximum absolute atomic E-state index is 12.9. The molecule has 116 valence electrons.